The second-order valence-corrected chi connectivity index (χ2v) is 5.41. The summed E-state index contributed by atoms with van der Waals surface area (Å²) in [6.07, 6.45) is 5.05. The van der Waals surface area contributed by atoms with E-state index in [1.54, 1.807) is 13.0 Å². The van der Waals surface area contributed by atoms with Gasteiger partial charge in [-0.05, 0) is 19.8 Å². The molecule has 1 heterocycles. The second-order valence-electron chi connectivity index (χ2n) is 5.02. The van der Waals surface area contributed by atoms with E-state index in [0.717, 1.165) is 32.1 Å². The van der Waals surface area contributed by atoms with Crippen LogP contribution in [0.4, 0.5) is 5.82 Å². The number of primary amides is 1. The number of rotatable bonds is 3. The molecule has 1 aliphatic rings. The number of halogens is 1. The number of carbonyl (C=O) groups is 1. The summed E-state index contributed by atoms with van der Waals surface area (Å²) in [4.78, 5) is 19.9. The summed E-state index contributed by atoms with van der Waals surface area (Å²) in [5.41, 5.74) is 5.50. The number of aryl methyl sites for hydroxylation is 1. The maximum Gasteiger partial charge on any atom is 0.222 e. The van der Waals surface area contributed by atoms with Crippen molar-refractivity contribution in [1.82, 2.24) is 9.97 Å². The van der Waals surface area contributed by atoms with Crippen molar-refractivity contribution in [3.8, 4) is 0 Å². The molecule has 5 nitrogen and oxygen atoms in total. The Labute approximate surface area is 118 Å². The van der Waals surface area contributed by atoms with Crippen LogP contribution in [0.25, 0.3) is 0 Å². The van der Waals surface area contributed by atoms with Gasteiger partial charge in [0.15, 0.2) is 0 Å². The molecule has 1 aromatic rings. The van der Waals surface area contributed by atoms with Gasteiger partial charge in [0.1, 0.15) is 16.8 Å². The number of hydrogen-bond acceptors (Lipinski definition) is 4. The van der Waals surface area contributed by atoms with Crippen molar-refractivity contribution < 1.29 is 4.79 Å². The molecule has 0 aromatic carbocycles. The van der Waals surface area contributed by atoms with Crippen LogP contribution < -0.4 is 11.1 Å². The standard InChI is InChI=1S/C13H19ClN4O/c1-8-16-11(14)7-12(17-8)18-10-6-4-2-3-5-9(10)13(15)19/h7,9-10H,2-6H2,1H3,(H2,15,19)(H,16,17,18)/t9-,10+/m1/s1. The maximum absolute atomic E-state index is 11.6. The van der Waals surface area contributed by atoms with Gasteiger partial charge >= 0.3 is 0 Å². The largest absolute Gasteiger partial charge is 0.369 e. The SMILES string of the molecule is Cc1nc(Cl)cc(N[C@H]2CCCCC[C@H]2C(N)=O)n1. The van der Waals surface area contributed by atoms with E-state index in [9.17, 15) is 4.79 Å². The van der Waals surface area contributed by atoms with Gasteiger partial charge in [-0.3, -0.25) is 4.79 Å². The van der Waals surface area contributed by atoms with Crippen LogP contribution in [0.5, 0.6) is 0 Å². The number of nitrogens with one attached hydrogen (secondary N) is 1. The molecule has 0 bridgehead atoms. The van der Waals surface area contributed by atoms with Gasteiger partial charge in [-0.2, -0.15) is 0 Å². The number of carbonyl (C=O) groups excluding carboxylic acids is 1. The van der Waals surface area contributed by atoms with Gasteiger partial charge in [0.2, 0.25) is 5.91 Å². The van der Waals surface area contributed by atoms with Gasteiger partial charge in [-0.25, -0.2) is 9.97 Å². The lowest BCUT2D eigenvalue weighted by Gasteiger charge is -2.24. The van der Waals surface area contributed by atoms with Crippen LogP contribution in [0, 0.1) is 12.8 Å². The molecular weight excluding hydrogens is 264 g/mol. The average molecular weight is 283 g/mol. The van der Waals surface area contributed by atoms with Crippen molar-refractivity contribution in [2.24, 2.45) is 11.7 Å². The molecule has 1 aliphatic carbocycles. The Kier molecular flexibility index (Phi) is 4.58. The molecule has 0 radical (unpaired) electrons. The van der Waals surface area contributed by atoms with Crippen LogP contribution in [0.3, 0.4) is 0 Å². The molecule has 0 spiro atoms. The third-order valence-electron chi connectivity index (χ3n) is 3.52. The first kappa shape index (κ1) is 14.1. The van der Waals surface area contributed by atoms with Gasteiger partial charge in [-0.1, -0.05) is 30.9 Å². The molecule has 1 fully saturated rings. The number of aromatic nitrogens is 2. The fourth-order valence-corrected chi connectivity index (χ4v) is 2.84. The number of hydrogen-bond donors (Lipinski definition) is 2. The van der Waals surface area contributed by atoms with E-state index in [-0.39, 0.29) is 17.9 Å². The molecule has 1 saturated carbocycles. The highest BCUT2D eigenvalue weighted by molar-refractivity contribution is 6.29. The highest BCUT2D eigenvalue weighted by atomic mass is 35.5. The molecule has 0 aliphatic heterocycles. The van der Waals surface area contributed by atoms with Gasteiger partial charge in [0, 0.05) is 12.1 Å². The van der Waals surface area contributed by atoms with E-state index in [0.29, 0.717) is 16.8 Å². The first-order valence-electron chi connectivity index (χ1n) is 6.63. The Morgan fingerprint density at radius 2 is 2.11 bits per heavy atom. The molecule has 1 aromatic heterocycles. The quantitative estimate of drug-likeness (QED) is 0.658. The Morgan fingerprint density at radius 1 is 1.37 bits per heavy atom. The van der Waals surface area contributed by atoms with Crippen LogP contribution >= 0.6 is 11.6 Å². The zero-order chi connectivity index (χ0) is 13.8. The zero-order valence-electron chi connectivity index (χ0n) is 11.0. The molecule has 0 unspecified atom stereocenters. The molecule has 6 heteroatoms. The third kappa shape index (κ3) is 3.80. The van der Waals surface area contributed by atoms with E-state index in [1.807, 2.05) is 0 Å². The minimum absolute atomic E-state index is 0.0327. The zero-order valence-corrected chi connectivity index (χ0v) is 11.8. The molecule has 104 valence electrons. The van der Waals surface area contributed by atoms with Crippen LogP contribution in [0.1, 0.15) is 37.9 Å². The minimum atomic E-state index is -0.240. The van der Waals surface area contributed by atoms with Crippen LogP contribution in [-0.4, -0.2) is 21.9 Å². The first-order valence-corrected chi connectivity index (χ1v) is 7.01. The Bertz CT molecular complexity index is 446. The molecule has 19 heavy (non-hydrogen) atoms. The highest BCUT2D eigenvalue weighted by Crippen LogP contribution is 2.26. The summed E-state index contributed by atoms with van der Waals surface area (Å²) in [7, 11) is 0. The normalized spacial score (nSPS) is 23.7. The summed E-state index contributed by atoms with van der Waals surface area (Å²) < 4.78 is 0. The lowest BCUT2D eigenvalue weighted by molar-refractivity contribution is -0.122. The van der Waals surface area contributed by atoms with Gasteiger partial charge in [-0.15, -0.1) is 0 Å². The van der Waals surface area contributed by atoms with Crippen molar-refractivity contribution in [2.75, 3.05) is 5.32 Å². The third-order valence-corrected chi connectivity index (χ3v) is 3.72. The molecule has 3 N–H and O–H groups in total. The van der Waals surface area contributed by atoms with Crippen LogP contribution in [0.15, 0.2) is 6.07 Å². The van der Waals surface area contributed by atoms with Crippen molar-refractivity contribution in [1.29, 1.82) is 0 Å². The number of amides is 1. The topological polar surface area (TPSA) is 80.9 Å². The van der Waals surface area contributed by atoms with Crippen molar-refractivity contribution in [2.45, 2.75) is 45.1 Å². The Balaban J connectivity index is 2.15. The Hall–Kier alpha value is -1.36. The monoisotopic (exact) mass is 282 g/mol. The number of nitrogens with two attached hydrogens (primary N) is 1. The van der Waals surface area contributed by atoms with E-state index in [1.165, 1.54) is 0 Å². The fraction of sp³-hybridized carbons (Fsp3) is 0.615. The van der Waals surface area contributed by atoms with Crippen LogP contribution in [-0.2, 0) is 4.79 Å². The summed E-state index contributed by atoms with van der Waals surface area (Å²) in [6, 6.07) is 1.71. The summed E-state index contributed by atoms with van der Waals surface area (Å²) in [5, 5.41) is 3.70. The highest BCUT2D eigenvalue weighted by Gasteiger charge is 2.28. The smallest absolute Gasteiger partial charge is 0.222 e. The van der Waals surface area contributed by atoms with Gasteiger partial charge in [0.05, 0.1) is 5.92 Å². The molecule has 2 atom stereocenters. The first-order chi connectivity index (χ1) is 9.06. The maximum atomic E-state index is 11.6. The predicted molar refractivity (Wildman–Crippen MR) is 75.0 cm³/mol. The van der Waals surface area contributed by atoms with Gasteiger partial charge in [0.25, 0.3) is 0 Å². The fourth-order valence-electron chi connectivity index (χ4n) is 2.62. The number of nitrogens with zero attached hydrogens (tertiary/aromatic N) is 2. The second kappa shape index (κ2) is 6.19. The van der Waals surface area contributed by atoms with Gasteiger partial charge < -0.3 is 11.1 Å². The summed E-state index contributed by atoms with van der Waals surface area (Å²) in [5.74, 6) is 0.891. The summed E-state index contributed by atoms with van der Waals surface area (Å²) >= 11 is 5.92. The Morgan fingerprint density at radius 3 is 2.79 bits per heavy atom. The molecule has 0 saturated heterocycles. The van der Waals surface area contributed by atoms with E-state index in [4.69, 9.17) is 17.3 Å². The number of anilines is 1. The predicted octanol–water partition coefficient (Wildman–Crippen LogP) is 2.28. The van der Waals surface area contributed by atoms with Crippen molar-refractivity contribution >= 4 is 23.3 Å². The van der Waals surface area contributed by atoms with Crippen molar-refractivity contribution in [3.63, 3.8) is 0 Å². The molecular formula is C13H19ClN4O. The summed E-state index contributed by atoms with van der Waals surface area (Å²) in [6.45, 7) is 1.79. The minimum Gasteiger partial charge on any atom is -0.369 e. The van der Waals surface area contributed by atoms with Crippen LogP contribution in [0.2, 0.25) is 5.15 Å². The molecule has 2 rings (SSSR count). The average Bonchev–Trinajstić information content (AvgIpc) is 2.53. The molecule has 1 amide bonds. The van der Waals surface area contributed by atoms with E-state index < -0.39 is 0 Å². The van der Waals surface area contributed by atoms with E-state index >= 15 is 0 Å². The lowest BCUT2D eigenvalue weighted by Crippen LogP contribution is -2.37. The lowest BCUT2D eigenvalue weighted by atomic mass is 9.94. The van der Waals surface area contributed by atoms with Crippen molar-refractivity contribution in [3.05, 3.63) is 17.0 Å². The van der Waals surface area contributed by atoms with E-state index in [2.05, 4.69) is 15.3 Å².